The fraction of sp³-hybridized carbons (Fsp3) is 0.200. The van der Waals surface area contributed by atoms with E-state index in [1.54, 1.807) is 0 Å². The van der Waals surface area contributed by atoms with Gasteiger partial charge in [0, 0.05) is 29.7 Å². The van der Waals surface area contributed by atoms with Gasteiger partial charge in [0.2, 0.25) is 0 Å². The zero-order chi connectivity index (χ0) is 21.4. The number of aryl methyl sites for hydroxylation is 1. The van der Waals surface area contributed by atoms with Crippen LogP contribution in [0.15, 0.2) is 71.5 Å². The van der Waals surface area contributed by atoms with E-state index in [4.69, 9.17) is 21.4 Å². The number of morpholine rings is 1. The molecule has 1 saturated heterocycles. The Balaban J connectivity index is 1.74. The highest BCUT2D eigenvalue weighted by Gasteiger charge is 2.18. The Hall–Kier alpha value is -3.15. The Morgan fingerprint density at radius 3 is 2.48 bits per heavy atom. The van der Waals surface area contributed by atoms with Gasteiger partial charge in [0.1, 0.15) is 0 Å². The lowest BCUT2D eigenvalue weighted by molar-refractivity contribution is 0.122. The standard InChI is InChI=1S/C25H22ClN3O2/c1-17-5-4-6-18(15-17)24-20-7-2-3-8-21(20)25(30)29(27-24)23-16-19(9-10-22(23)26)28-11-13-31-14-12-28/h2-10,15-16H,11-14H2,1H3. The summed E-state index contributed by atoms with van der Waals surface area (Å²) in [5.74, 6) is 0. The first kappa shape index (κ1) is 19.8. The molecular weight excluding hydrogens is 410 g/mol. The molecule has 0 unspecified atom stereocenters. The van der Waals surface area contributed by atoms with Crippen molar-refractivity contribution in [1.82, 2.24) is 9.78 Å². The highest BCUT2D eigenvalue weighted by Crippen LogP contribution is 2.29. The number of fused-ring (bicyclic) bond motifs is 1. The van der Waals surface area contributed by atoms with Crippen molar-refractivity contribution >= 4 is 28.1 Å². The average molecular weight is 432 g/mol. The van der Waals surface area contributed by atoms with E-state index < -0.39 is 0 Å². The summed E-state index contributed by atoms with van der Waals surface area (Å²) < 4.78 is 6.90. The smallest absolute Gasteiger partial charge is 0.279 e. The molecule has 31 heavy (non-hydrogen) atoms. The van der Waals surface area contributed by atoms with Crippen LogP contribution in [0.5, 0.6) is 0 Å². The topological polar surface area (TPSA) is 47.4 Å². The molecule has 0 saturated carbocycles. The quantitative estimate of drug-likeness (QED) is 0.465. The number of nitrogens with zero attached hydrogens (tertiary/aromatic N) is 3. The van der Waals surface area contributed by atoms with Crippen LogP contribution < -0.4 is 10.5 Å². The van der Waals surface area contributed by atoms with Crippen LogP contribution in [0.4, 0.5) is 5.69 Å². The molecule has 5 rings (SSSR count). The Morgan fingerprint density at radius 1 is 0.935 bits per heavy atom. The lowest BCUT2D eigenvalue weighted by Gasteiger charge is -2.29. The molecule has 1 aromatic heterocycles. The predicted molar refractivity (Wildman–Crippen MR) is 126 cm³/mol. The van der Waals surface area contributed by atoms with Crippen LogP contribution in [0.2, 0.25) is 5.02 Å². The fourth-order valence-corrected chi connectivity index (χ4v) is 4.24. The van der Waals surface area contributed by atoms with E-state index in [-0.39, 0.29) is 5.56 Å². The van der Waals surface area contributed by atoms with E-state index in [2.05, 4.69) is 11.0 Å². The van der Waals surface area contributed by atoms with E-state index >= 15 is 0 Å². The Bertz CT molecular complexity index is 1330. The van der Waals surface area contributed by atoms with E-state index in [1.807, 2.05) is 67.6 Å². The first-order valence-electron chi connectivity index (χ1n) is 10.3. The molecule has 1 fully saturated rings. The van der Waals surface area contributed by atoms with Crippen LogP contribution in [0.3, 0.4) is 0 Å². The Kier molecular flexibility index (Phi) is 5.22. The number of hydrogen-bond acceptors (Lipinski definition) is 4. The minimum Gasteiger partial charge on any atom is -0.378 e. The second kappa shape index (κ2) is 8.17. The molecule has 0 radical (unpaired) electrons. The van der Waals surface area contributed by atoms with Crippen molar-refractivity contribution in [2.75, 3.05) is 31.2 Å². The lowest BCUT2D eigenvalue weighted by atomic mass is 10.0. The molecule has 0 amide bonds. The van der Waals surface area contributed by atoms with Crippen molar-refractivity contribution < 1.29 is 4.74 Å². The second-order valence-electron chi connectivity index (χ2n) is 7.72. The summed E-state index contributed by atoms with van der Waals surface area (Å²) in [7, 11) is 0. The zero-order valence-electron chi connectivity index (χ0n) is 17.2. The third kappa shape index (κ3) is 3.71. The first-order valence-corrected chi connectivity index (χ1v) is 10.7. The number of benzene rings is 3. The van der Waals surface area contributed by atoms with Gasteiger partial charge in [0.15, 0.2) is 0 Å². The van der Waals surface area contributed by atoms with Gasteiger partial charge in [-0.25, -0.2) is 0 Å². The molecule has 2 heterocycles. The summed E-state index contributed by atoms with van der Waals surface area (Å²) in [6.07, 6.45) is 0. The molecular formula is C25H22ClN3O2. The summed E-state index contributed by atoms with van der Waals surface area (Å²) in [5, 5.41) is 6.73. The number of halogens is 1. The van der Waals surface area contributed by atoms with Crippen LogP contribution in [0, 0.1) is 6.92 Å². The Labute approximate surface area is 185 Å². The van der Waals surface area contributed by atoms with Crippen molar-refractivity contribution in [2.45, 2.75) is 6.92 Å². The van der Waals surface area contributed by atoms with E-state index in [9.17, 15) is 4.79 Å². The van der Waals surface area contributed by atoms with Gasteiger partial charge in [-0.1, -0.05) is 53.6 Å². The molecule has 1 aliphatic heterocycles. The highest BCUT2D eigenvalue weighted by molar-refractivity contribution is 6.32. The number of aromatic nitrogens is 2. The largest absolute Gasteiger partial charge is 0.378 e. The lowest BCUT2D eigenvalue weighted by Crippen LogP contribution is -2.36. The third-order valence-electron chi connectivity index (χ3n) is 5.63. The van der Waals surface area contributed by atoms with E-state index in [0.29, 0.717) is 29.3 Å². The maximum absolute atomic E-state index is 13.4. The van der Waals surface area contributed by atoms with Crippen molar-refractivity contribution in [3.63, 3.8) is 0 Å². The van der Waals surface area contributed by atoms with Crippen LogP contribution in [-0.2, 0) is 4.74 Å². The van der Waals surface area contributed by atoms with Gasteiger partial charge in [0.25, 0.3) is 5.56 Å². The van der Waals surface area contributed by atoms with Gasteiger partial charge in [-0.3, -0.25) is 4.79 Å². The van der Waals surface area contributed by atoms with E-state index in [1.165, 1.54) is 4.68 Å². The molecule has 0 bridgehead atoms. The normalized spacial score (nSPS) is 14.2. The third-order valence-corrected chi connectivity index (χ3v) is 5.95. The molecule has 6 heteroatoms. The van der Waals surface area contributed by atoms with E-state index in [0.717, 1.165) is 41.0 Å². The number of anilines is 1. The summed E-state index contributed by atoms with van der Waals surface area (Å²) >= 11 is 6.57. The first-order chi connectivity index (χ1) is 15.1. The molecule has 156 valence electrons. The SMILES string of the molecule is Cc1cccc(-c2nn(-c3cc(N4CCOCC4)ccc3Cl)c(=O)c3ccccc23)c1. The van der Waals surface area contributed by atoms with Crippen molar-refractivity contribution in [1.29, 1.82) is 0 Å². The van der Waals surface area contributed by atoms with Crippen molar-refractivity contribution in [3.05, 3.63) is 87.7 Å². The van der Waals surface area contributed by atoms with Crippen LogP contribution in [0.25, 0.3) is 27.7 Å². The summed E-state index contributed by atoms with van der Waals surface area (Å²) in [4.78, 5) is 15.7. The molecule has 3 aromatic carbocycles. The summed E-state index contributed by atoms with van der Waals surface area (Å²) in [5.41, 5.74) is 4.25. The fourth-order valence-electron chi connectivity index (χ4n) is 4.04. The average Bonchev–Trinajstić information content (AvgIpc) is 2.81. The van der Waals surface area contributed by atoms with Gasteiger partial charge in [-0.2, -0.15) is 9.78 Å². The van der Waals surface area contributed by atoms with Gasteiger partial charge in [0.05, 0.1) is 35.0 Å². The molecule has 5 nitrogen and oxygen atoms in total. The van der Waals surface area contributed by atoms with Crippen molar-refractivity contribution in [2.24, 2.45) is 0 Å². The van der Waals surface area contributed by atoms with Crippen LogP contribution in [0.1, 0.15) is 5.56 Å². The highest BCUT2D eigenvalue weighted by atomic mass is 35.5. The maximum Gasteiger partial charge on any atom is 0.279 e. The van der Waals surface area contributed by atoms with Gasteiger partial charge >= 0.3 is 0 Å². The predicted octanol–water partition coefficient (Wildman–Crippen LogP) is 4.85. The minimum absolute atomic E-state index is 0.187. The van der Waals surface area contributed by atoms with Crippen molar-refractivity contribution in [3.8, 4) is 16.9 Å². The summed E-state index contributed by atoms with van der Waals surface area (Å²) in [6, 6.07) is 21.5. The monoisotopic (exact) mass is 431 g/mol. The van der Waals surface area contributed by atoms with Crippen LogP contribution in [-0.4, -0.2) is 36.1 Å². The molecule has 0 spiro atoms. The van der Waals surface area contributed by atoms with Gasteiger partial charge in [-0.15, -0.1) is 0 Å². The number of rotatable bonds is 3. The zero-order valence-corrected chi connectivity index (χ0v) is 18.0. The molecule has 0 N–H and O–H groups in total. The molecule has 0 atom stereocenters. The molecule has 4 aromatic rings. The number of hydrogen-bond donors (Lipinski definition) is 0. The van der Waals surface area contributed by atoms with Gasteiger partial charge < -0.3 is 9.64 Å². The second-order valence-corrected chi connectivity index (χ2v) is 8.12. The van der Waals surface area contributed by atoms with Crippen LogP contribution >= 0.6 is 11.6 Å². The number of ether oxygens (including phenoxy) is 1. The minimum atomic E-state index is -0.187. The van der Waals surface area contributed by atoms with Gasteiger partial charge in [-0.05, 0) is 37.3 Å². The maximum atomic E-state index is 13.4. The summed E-state index contributed by atoms with van der Waals surface area (Å²) in [6.45, 7) is 5.02. The Morgan fingerprint density at radius 2 is 1.71 bits per heavy atom. The molecule has 0 aliphatic carbocycles. The molecule has 1 aliphatic rings.